The van der Waals surface area contributed by atoms with E-state index in [1.807, 2.05) is 24.3 Å². The summed E-state index contributed by atoms with van der Waals surface area (Å²) in [6.45, 7) is 13.5. The van der Waals surface area contributed by atoms with Crippen molar-refractivity contribution in [2.24, 2.45) is 0 Å². The minimum atomic E-state index is -0.267. The Morgan fingerprint density at radius 2 is 1.37 bits per heavy atom. The van der Waals surface area contributed by atoms with Gasteiger partial charge in [0, 0.05) is 23.3 Å². The summed E-state index contributed by atoms with van der Waals surface area (Å²) in [5, 5.41) is 8.85. The standard InChI is InChI=1S/C24H31N3O3/c1-5-29-17-15-25-21-11-7-19(8-12-21)24(3,4)20-9-13-22(14-10-20)27-23(28)26-16-18-30-6-2/h5-14,25H,1-2,15-18H2,3-4H3,(H2,26,27,28). The number of hydrogen-bond acceptors (Lipinski definition) is 4. The third-order valence-corrected chi connectivity index (χ3v) is 4.76. The molecule has 160 valence electrons. The van der Waals surface area contributed by atoms with Gasteiger partial charge in [-0.05, 0) is 35.4 Å². The summed E-state index contributed by atoms with van der Waals surface area (Å²) >= 11 is 0. The van der Waals surface area contributed by atoms with E-state index < -0.39 is 0 Å². The molecule has 2 aromatic rings. The van der Waals surface area contributed by atoms with Gasteiger partial charge in [-0.1, -0.05) is 51.3 Å². The Balaban J connectivity index is 1.94. The molecular weight excluding hydrogens is 378 g/mol. The molecular formula is C24H31N3O3. The van der Waals surface area contributed by atoms with Gasteiger partial charge >= 0.3 is 6.03 Å². The van der Waals surface area contributed by atoms with Crippen LogP contribution in [0.2, 0.25) is 0 Å². The van der Waals surface area contributed by atoms with Gasteiger partial charge in [0.2, 0.25) is 0 Å². The third-order valence-electron chi connectivity index (χ3n) is 4.76. The first-order valence-corrected chi connectivity index (χ1v) is 9.92. The van der Waals surface area contributed by atoms with Crippen LogP contribution in [0.3, 0.4) is 0 Å². The fraction of sp³-hybridized carbons (Fsp3) is 0.292. The molecule has 3 N–H and O–H groups in total. The summed E-state index contributed by atoms with van der Waals surface area (Å²) in [6.07, 6.45) is 2.79. The van der Waals surface area contributed by atoms with Crippen molar-refractivity contribution in [1.82, 2.24) is 5.32 Å². The molecule has 0 unspecified atom stereocenters. The highest BCUT2D eigenvalue weighted by molar-refractivity contribution is 5.89. The lowest BCUT2D eigenvalue weighted by molar-refractivity contribution is 0.234. The molecule has 0 atom stereocenters. The number of carbonyl (C=O) groups is 1. The molecule has 30 heavy (non-hydrogen) atoms. The lowest BCUT2D eigenvalue weighted by Gasteiger charge is -2.26. The van der Waals surface area contributed by atoms with Gasteiger partial charge in [0.05, 0.1) is 19.1 Å². The van der Waals surface area contributed by atoms with Crippen molar-refractivity contribution in [3.63, 3.8) is 0 Å². The van der Waals surface area contributed by atoms with E-state index in [1.54, 1.807) is 0 Å². The van der Waals surface area contributed by atoms with Gasteiger partial charge in [0.1, 0.15) is 13.2 Å². The average molecular weight is 410 g/mol. The van der Waals surface area contributed by atoms with Crippen molar-refractivity contribution in [3.05, 3.63) is 85.3 Å². The molecule has 0 bridgehead atoms. The highest BCUT2D eigenvalue weighted by atomic mass is 16.5. The maximum absolute atomic E-state index is 11.9. The molecule has 0 saturated heterocycles. The molecule has 2 rings (SSSR count). The van der Waals surface area contributed by atoms with Gasteiger partial charge < -0.3 is 25.4 Å². The molecule has 2 aromatic carbocycles. The number of hydrogen-bond donors (Lipinski definition) is 3. The van der Waals surface area contributed by atoms with Crippen molar-refractivity contribution in [1.29, 1.82) is 0 Å². The van der Waals surface area contributed by atoms with E-state index in [0.29, 0.717) is 19.8 Å². The molecule has 0 aliphatic heterocycles. The molecule has 6 nitrogen and oxygen atoms in total. The quantitative estimate of drug-likeness (QED) is 0.346. The Kier molecular flexibility index (Phi) is 8.81. The summed E-state index contributed by atoms with van der Waals surface area (Å²) in [5.41, 5.74) is 3.97. The Morgan fingerprint density at radius 1 is 0.867 bits per heavy atom. The first-order valence-electron chi connectivity index (χ1n) is 9.92. The zero-order chi connectivity index (χ0) is 21.8. The number of carbonyl (C=O) groups excluding carboxylic acids is 1. The van der Waals surface area contributed by atoms with Crippen LogP contribution in [0, 0.1) is 0 Å². The predicted molar refractivity (Wildman–Crippen MR) is 123 cm³/mol. The van der Waals surface area contributed by atoms with Crippen molar-refractivity contribution < 1.29 is 14.3 Å². The first kappa shape index (κ1) is 22.9. The summed E-state index contributed by atoms with van der Waals surface area (Å²) in [6, 6.07) is 16.0. The second-order valence-corrected chi connectivity index (χ2v) is 7.16. The second-order valence-electron chi connectivity index (χ2n) is 7.16. The first-order chi connectivity index (χ1) is 14.5. The van der Waals surface area contributed by atoms with Crippen LogP contribution in [0.4, 0.5) is 16.2 Å². The van der Waals surface area contributed by atoms with Gasteiger partial charge in [-0.2, -0.15) is 0 Å². The lowest BCUT2D eigenvalue weighted by atomic mass is 9.78. The van der Waals surface area contributed by atoms with Gasteiger partial charge in [-0.25, -0.2) is 4.79 Å². The monoisotopic (exact) mass is 409 g/mol. The van der Waals surface area contributed by atoms with E-state index in [2.05, 4.69) is 67.2 Å². The molecule has 0 radical (unpaired) electrons. The molecule has 0 saturated carbocycles. The maximum Gasteiger partial charge on any atom is 0.319 e. The van der Waals surface area contributed by atoms with Crippen LogP contribution in [0.5, 0.6) is 0 Å². The molecule has 0 fully saturated rings. The number of nitrogens with one attached hydrogen (secondary N) is 3. The van der Waals surface area contributed by atoms with Gasteiger partial charge in [-0.15, -0.1) is 0 Å². The maximum atomic E-state index is 11.9. The van der Waals surface area contributed by atoms with E-state index in [4.69, 9.17) is 9.47 Å². The number of amides is 2. The SMILES string of the molecule is C=COCCNC(=O)Nc1ccc(C(C)(C)c2ccc(NCCOC=C)cc2)cc1. The largest absolute Gasteiger partial charge is 0.500 e. The topological polar surface area (TPSA) is 71.6 Å². The molecule has 0 heterocycles. The highest BCUT2D eigenvalue weighted by Gasteiger charge is 2.23. The van der Waals surface area contributed by atoms with Crippen molar-refractivity contribution in [3.8, 4) is 0 Å². The number of anilines is 2. The normalized spacial score (nSPS) is 10.6. The molecule has 0 aliphatic rings. The summed E-state index contributed by atoms with van der Waals surface area (Å²) in [5.74, 6) is 0. The highest BCUT2D eigenvalue weighted by Crippen LogP contribution is 2.32. The molecule has 0 spiro atoms. The minimum absolute atomic E-state index is 0.173. The summed E-state index contributed by atoms with van der Waals surface area (Å²) in [7, 11) is 0. The zero-order valence-corrected chi connectivity index (χ0v) is 17.7. The Hall–Kier alpha value is -3.41. The fourth-order valence-corrected chi connectivity index (χ4v) is 2.96. The number of ether oxygens (including phenoxy) is 2. The van der Waals surface area contributed by atoms with E-state index in [-0.39, 0.29) is 11.4 Å². The fourth-order valence-electron chi connectivity index (χ4n) is 2.96. The van der Waals surface area contributed by atoms with Crippen LogP contribution in [0.15, 0.2) is 74.2 Å². The van der Waals surface area contributed by atoms with Crippen LogP contribution in [0.1, 0.15) is 25.0 Å². The van der Waals surface area contributed by atoms with Gasteiger partial charge in [0.15, 0.2) is 0 Å². The van der Waals surface area contributed by atoms with E-state index in [1.165, 1.54) is 18.1 Å². The van der Waals surface area contributed by atoms with Crippen LogP contribution in [-0.4, -0.2) is 32.3 Å². The Bertz CT molecular complexity index is 815. The summed E-state index contributed by atoms with van der Waals surface area (Å²) < 4.78 is 10.1. The smallest absolute Gasteiger partial charge is 0.319 e. The number of rotatable bonds is 12. The predicted octanol–water partition coefficient (Wildman–Crippen LogP) is 4.87. The Labute approximate surface area is 179 Å². The zero-order valence-electron chi connectivity index (χ0n) is 17.7. The number of urea groups is 1. The Morgan fingerprint density at radius 3 is 1.90 bits per heavy atom. The van der Waals surface area contributed by atoms with Gasteiger partial charge in [0.25, 0.3) is 0 Å². The van der Waals surface area contributed by atoms with Crippen molar-refractivity contribution in [2.75, 3.05) is 36.9 Å². The second kappa shape index (κ2) is 11.6. The van der Waals surface area contributed by atoms with E-state index in [0.717, 1.165) is 23.5 Å². The summed E-state index contributed by atoms with van der Waals surface area (Å²) in [4.78, 5) is 11.9. The lowest BCUT2D eigenvalue weighted by Crippen LogP contribution is -2.31. The van der Waals surface area contributed by atoms with E-state index in [9.17, 15) is 4.79 Å². The molecule has 6 heteroatoms. The van der Waals surface area contributed by atoms with Gasteiger partial charge in [-0.3, -0.25) is 0 Å². The third kappa shape index (κ3) is 6.88. The molecule has 0 aromatic heterocycles. The van der Waals surface area contributed by atoms with Crippen LogP contribution in [0.25, 0.3) is 0 Å². The molecule has 0 aliphatic carbocycles. The van der Waals surface area contributed by atoms with Crippen LogP contribution in [-0.2, 0) is 14.9 Å². The van der Waals surface area contributed by atoms with Crippen LogP contribution < -0.4 is 16.0 Å². The average Bonchev–Trinajstić information content (AvgIpc) is 2.75. The number of benzene rings is 2. The van der Waals surface area contributed by atoms with Crippen molar-refractivity contribution >= 4 is 17.4 Å². The van der Waals surface area contributed by atoms with Crippen molar-refractivity contribution in [2.45, 2.75) is 19.3 Å². The van der Waals surface area contributed by atoms with E-state index >= 15 is 0 Å². The van der Waals surface area contributed by atoms with Crippen LogP contribution >= 0.6 is 0 Å². The minimum Gasteiger partial charge on any atom is -0.500 e. The molecule has 2 amide bonds.